The Labute approximate surface area is 120 Å². The first-order valence-corrected chi connectivity index (χ1v) is 6.78. The van der Waals surface area contributed by atoms with Gasteiger partial charge in [-0.25, -0.2) is 0 Å². The van der Waals surface area contributed by atoms with Crippen LogP contribution in [0.2, 0.25) is 0 Å². The number of methoxy groups -OCH3 is 1. The zero-order chi connectivity index (χ0) is 14.4. The van der Waals surface area contributed by atoms with E-state index in [0.29, 0.717) is 6.61 Å². The van der Waals surface area contributed by atoms with Crippen LogP contribution >= 0.6 is 0 Å². The monoisotopic (exact) mass is 271 g/mol. The summed E-state index contributed by atoms with van der Waals surface area (Å²) in [5.41, 5.74) is 8.09. The third-order valence-corrected chi connectivity index (χ3v) is 3.04. The second kappa shape index (κ2) is 6.96. The first-order chi connectivity index (χ1) is 9.69. The van der Waals surface area contributed by atoms with Gasteiger partial charge in [0.05, 0.1) is 7.11 Å². The third kappa shape index (κ3) is 4.00. The van der Waals surface area contributed by atoms with Gasteiger partial charge in [-0.05, 0) is 42.7 Å². The maximum Gasteiger partial charge on any atom is 0.123 e. The van der Waals surface area contributed by atoms with Crippen molar-refractivity contribution in [3.63, 3.8) is 0 Å². The third-order valence-electron chi connectivity index (χ3n) is 3.04. The molecule has 0 saturated heterocycles. The second-order valence-electron chi connectivity index (χ2n) is 4.93. The molecule has 0 aliphatic rings. The Morgan fingerprint density at radius 2 is 1.90 bits per heavy atom. The zero-order valence-corrected chi connectivity index (χ0v) is 12.0. The van der Waals surface area contributed by atoms with Gasteiger partial charge in [0.1, 0.15) is 18.1 Å². The largest absolute Gasteiger partial charge is 0.497 e. The molecule has 0 aliphatic carbocycles. The van der Waals surface area contributed by atoms with Crippen LogP contribution in [0.4, 0.5) is 0 Å². The minimum Gasteiger partial charge on any atom is -0.497 e. The molecule has 3 nitrogen and oxygen atoms in total. The Balaban J connectivity index is 2.06. The lowest BCUT2D eigenvalue weighted by molar-refractivity contribution is 0.301. The van der Waals surface area contributed by atoms with Gasteiger partial charge in [0.2, 0.25) is 0 Å². The van der Waals surface area contributed by atoms with Crippen molar-refractivity contribution in [2.75, 3.05) is 7.11 Å². The van der Waals surface area contributed by atoms with E-state index in [0.717, 1.165) is 29.0 Å². The van der Waals surface area contributed by atoms with Gasteiger partial charge >= 0.3 is 0 Å². The Hall–Kier alpha value is -2.00. The van der Waals surface area contributed by atoms with E-state index in [2.05, 4.69) is 6.07 Å². The summed E-state index contributed by atoms with van der Waals surface area (Å²) in [5.74, 6) is 1.74. The Morgan fingerprint density at radius 1 is 1.10 bits per heavy atom. The Morgan fingerprint density at radius 3 is 2.65 bits per heavy atom. The predicted octanol–water partition coefficient (Wildman–Crippen LogP) is 3.16. The molecule has 106 valence electrons. The molecule has 0 fully saturated rings. The highest BCUT2D eigenvalue weighted by Crippen LogP contribution is 2.21. The summed E-state index contributed by atoms with van der Waals surface area (Å²) in [6.45, 7) is 2.52. The van der Waals surface area contributed by atoms with Crippen molar-refractivity contribution in [2.45, 2.75) is 26.0 Å². The molecule has 2 rings (SSSR count). The molecule has 3 heteroatoms. The molecular weight excluding hydrogens is 250 g/mol. The molecular formula is C17H21NO2. The Bertz CT molecular complexity index is 552. The topological polar surface area (TPSA) is 44.5 Å². The maximum atomic E-state index is 5.91. The van der Waals surface area contributed by atoms with Gasteiger partial charge in [0.25, 0.3) is 0 Å². The summed E-state index contributed by atoms with van der Waals surface area (Å²) in [6.07, 6.45) is 0.814. The summed E-state index contributed by atoms with van der Waals surface area (Å²) in [6, 6.07) is 16.0. The van der Waals surface area contributed by atoms with Crippen LogP contribution in [0, 0.1) is 0 Å². The number of ether oxygens (including phenoxy) is 2. The molecule has 0 amide bonds. The number of benzene rings is 2. The fraction of sp³-hybridized carbons (Fsp3) is 0.294. The molecule has 0 spiro atoms. The van der Waals surface area contributed by atoms with E-state index in [1.54, 1.807) is 7.11 Å². The number of rotatable bonds is 6. The minimum atomic E-state index is 0.122. The van der Waals surface area contributed by atoms with Crippen molar-refractivity contribution < 1.29 is 9.47 Å². The molecule has 0 aromatic heterocycles. The van der Waals surface area contributed by atoms with Gasteiger partial charge in [0.15, 0.2) is 0 Å². The summed E-state index contributed by atoms with van der Waals surface area (Å²) in [4.78, 5) is 0. The highest BCUT2D eigenvalue weighted by molar-refractivity contribution is 5.34. The normalized spacial score (nSPS) is 11.9. The number of hydrogen-bond acceptors (Lipinski definition) is 3. The quantitative estimate of drug-likeness (QED) is 0.877. The van der Waals surface area contributed by atoms with Gasteiger partial charge in [-0.1, -0.05) is 30.3 Å². The van der Waals surface area contributed by atoms with Crippen molar-refractivity contribution in [1.82, 2.24) is 0 Å². The molecule has 2 aromatic carbocycles. The van der Waals surface area contributed by atoms with Gasteiger partial charge < -0.3 is 15.2 Å². The summed E-state index contributed by atoms with van der Waals surface area (Å²) in [5, 5.41) is 0. The van der Waals surface area contributed by atoms with E-state index in [1.165, 1.54) is 0 Å². The van der Waals surface area contributed by atoms with Gasteiger partial charge in [0, 0.05) is 6.04 Å². The van der Waals surface area contributed by atoms with Crippen molar-refractivity contribution >= 4 is 0 Å². The van der Waals surface area contributed by atoms with E-state index >= 15 is 0 Å². The summed E-state index contributed by atoms with van der Waals surface area (Å²) >= 11 is 0. The molecule has 0 aliphatic heterocycles. The van der Waals surface area contributed by atoms with E-state index < -0.39 is 0 Å². The van der Waals surface area contributed by atoms with Crippen LogP contribution in [0.25, 0.3) is 0 Å². The molecule has 0 radical (unpaired) electrons. The highest BCUT2D eigenvalue weighted by atomic mass is 16.5. The smallest absolute Gasteiger partial charge is 0.123 e. The SMILES string of the molecule is COc1cccc(COc2ccccc2CC(C)N)c1. The van der Waals surface area contributed by atoms with Crippen LogP contribution in [-0.4, -0.2) is 13.2 Å². The van der Waals surface area contributed by atoms with Crippen molar-refractivity contribution in [3.05, 3.63) is 59.7 Å². The van der Waals surface area contributed by atoms with Gasteiger partial charge in [-0.2, -0.15) is 0 Å². The standard InChI is InChI=1S/C17H21NO2/c1-13(18)10-15-7-3-4-9-17(15)20-12-14-6-5-8-16(11-14)19-2/h3-9,11,13H,10,12,18H2,1-2H3. The van der Waals surface area contributed by atoms with E-state index in [9.17, 15) is 0 Å². The fourth-order valence-corrected chi connectivity index (χ4v) is 2.08. The fourth-order valence-electron chi connectivity index (χ4n) is 2.08. The molecule has 20 heavy (non-hydrogen) atoms. The minimum absolute atomic E-state index is 0.122. The lowest BCUT2D eigenvalue weighted by Gasteiger charge is -2.13. The van der Waals surface area contributed by atoms with Crippen LogP contribution in [0.1, 0.15) is 18.1 Å². The summed E-state index contributed by atoms with van der Waals surface area (Å²) < 4.78 is 11.1. The summed E-state index contributed by atoms with van der Waals surface area (Å²) in [7, 11) is 1.66. The van der Waals surface area contributed by atoms with Crippen molar-refractivity contribution in [3.8, 4) is 11.5 Å². The van der Waals surface area contributed by atoms with Crippen LogP contribution in [0.3, 0.4) is 0 Å². The lowest BCUT2D eigenvalue weighted by atomic mass is 10.1. The zero-order valence-electron chi connectivity index (χ0n) is 12.0. The Kier molecular flexibility index (Phi) is 5.02. The van der Waals surface area contributed by atoms with Crippen molar-refractivity contribution in [2.24, 2.45) is 5.73 Å². The van der Waals surface area contributed by atoms with Crippen LogP contribution in [0.5, 0.6) is 11.5 Å². The molecule has 1 unspecified atom stereocenters. The van der Waals surface area contributed by atoms with E-state index in [1.807, 2.05) is 49.4 Å². The van der Waals surface area contributed by atoms with Crippen molar-refractivity contribution in [1.29, 1.82) is 0 Å². The number of nitrogens with two attached hydrogens (primary N) is 1. The average molecular weight is 271 g/mol. The van der Waals surface area contributed by atoms with E-state index in [4.69, 9.17) is 15.2 Å². The molecule has 1 atom stereocenters. The van der Waals surface area contributed by atoms with Crippen LogP contribution in [-0.2, 0) is 13.0 Å². The van der Waals surface area contributed by atoms with Crippen LogP contribution < -0.4 is 15.2 Å². The predicted molar refractivity (Wildman–Crippen MR) is 81.1 cm³/mol. The maximum absolute atomic E-state index is 5.91. The lowest BCUT2D eigenvalue weighted by Crippen LogP contribution is -2.18. The van der Waals surface area contributed by atoms with Gasteiger partial charge in [-0.15, -0.1) is 0 Å². The van der Waals surface area contributed by atoms with E-state index in [-0.39, 0.29) is 6.04 Å². The molecule has 0 heterocycles. The first-order valence-electron chi connectivity index (χ1n) is 6.78. The number of para-hydroxylation sites is 1. The molecule has 2 N–H and O–H groups in total. The first kappa shape index (κ1) is 14.4. The average Bonchev–Trinajstić information content (AvgIpc) is 2.46. The molecule has 2 aromatic rings. The van der Waals surface area contributed by atoms with Crippen LogP contribution in [0.15, 0.2) is 48.5 Å². The number of hydrogen-bond donors (Lipinski definition) is 1. The molecule has 0 saturated carbocycles. The molecule has 0 bridgehead atoms. The second-order valence-corrected chi connectivity index (χ2v) is 4.93. The highest BCUT2D eigenvalue weighted by Gasteiger charge is 2.06. The van der Waals surface area contributed by atoms with Gasteiger partial charge in [-0.3, -0.25) is 0 Å².